The molecule has 1 aromatic carbocycles. The van der Waals surface area contributed by atoms with Crippen LogP contribution in [-0.2, 0) is 15.7 Å². The van der Waals surface area contributed by atoms with Gasteiger partial charge in [-0.3, -0.25) is 0 Å². The van der Waals surface area contributed by atoms with E-state index in [9.17, 15) is 18.0 Å². The molecule has 136 valence electrons. The number of hydrogen-bond donors (Lipinski definition) is 0. The number of nitriles is 1. The predicted molar refractivity (Wildman–Crippen MR) is 86.3 cm³/mol. The van der Waals surface area contributed by atoms with Gasteiger partial charge in [-0.15, -0.1) is 0 Å². The number of pyridine rings is 1. The number of ether oxygens (including phenoxy) is 2. The summed E-state index contributed by atoms with van der Waals surface area (Å²) in [7, 11) is 0. The molecular formula is C18H15F3N2O3. The Bertz CT molecular complexity index is 840. The molecule has 0 aliphatic rings. The van der Waals surface area contributed by atoms with E-state index in [1.807, 2.05) is 6.92 Å². The molecule has 26 heavy (non-hydrogen) atoms. The van der Waals surface area contributed by atoms with Crippen molar-refractivity contribution in [3.63, 3.8) is 0 Å². The maximum Gasteiger partial charge on any atom is 0.417 e. The van der Waals surface area contributed by atoms with Crippen molar-refractivity contribution in [2.45, 2.75) is 20.0 Å². The molecule has 2 rings (SSSR count). The fourth-order valence-electron chi connectivity index (χ4n) is 2.16. The van der Waals surface area contributed by atoms with Gasteiger partial charge in [0.15, 0.2) is 6.61 Å². The summed E-state index contributed by atoms with van der Waals surface area (Å²) in [5.41, 5.74) is -0.624. The van der Waals surface area contributed by atoms with Gasteiger partial charge < -0.3 is 9.47 Å². The van der Waals surface area contributed by atoms with Crippen molar-refractivity contribution in [2.75, 3.05) is 13.2 Å². The smallest absolute Gasteiger partial charge is 0.417 e. The normalized spacial score (nSPS) is 10.9. The number of hydrogen-bond acceptors (Lipinski definition) is 5. The first-order chi connectivity index (χ1) is 12.3. The zero-order chi connectivity index (χ0) is 19.3. The van der Waals surface area contributed by atoms with E-state index in [0.29, 0.717) is 5.56 Å². The minimum Gasteiger partial charge on any atom is -0.465 e. The molecule has 1 aromatic heterocycles. The highest BCUT2D eigenvalue weighted by molar-refractivity contribution is 5.71. The molecule has 2 aromatic rings. The summed E-state index contributed by atoms with van der Waals surface area (Å²) >= 11 is 0. The van der Waals surface area contributed by atoms with E-state index in [1.54, 1.807) is 31.2 Å². The number of carbonyl (C=O) groups is 1. The van der Waals surface area contributed by atoms with Crippen molar-refractivity contribution >= 4 is 5.97 Å². The van der Waals surface area contributed by atoms with Gasteiger partial charge in [0.2, 0.25) is 5.88 Å². The molecule has 5 nitrogen and oxygen atoms in total. The second kappa shape index (κ2) is 7.87. The SMILES string of the molecule is CCOC(=O)COc1nc(-c2ccc(C)cc2)cc(C(F)(F)F)c1C#N. The minimum atomic E-state index is -4.78. The molecule has 0 aliphatic carbocycles. The van der Waals surface area contributed by atoms with E-state index >= 15 is 0 Å². The van der Waals surface area contributed by atoms with Gasteiger partial charge in [0.1, 0.15) is 11.6 Å². The Kier molecular flexibility index (Phi) is 5.82. The average Bonchev–Trinajstić information content (AvgIpc) is 2.59. The second-order valence-corrected chi connectivity index (χ2v) is 5.30. The van der Waals surface area contributed by atoms with Crippen LogP contribution in [0.1, 0.15) is 23.6 Å². The largest absolute Gasteiger partial charge is 0.465 e. The monoisotopic (exact) mass is 364 g/mol. The van der Waals surface area contributed by atoms with E-state index in [2.05, 4.69) is 9.72 Å². The molecule has 0 fully saturated rings. The first kappa shape index (κ1) is 19.2. The van der Waals surface area contributed by atoms with E-state index in [-0.39, 0.29) is 12.3 Å². The van der Waals surface area contributed by atoms with Gasteiger partial charge in [0.25, 0.3) is 0 Å². The highest BCUT2D eigenvalue weighted by atomic mass is 19.4. The summed E-state index contributed by atoms with van der Waals surface area (Å²) in [5, 5.41) is 9.14. The van der Waals surface area contributed by atoms with Crippen LogP contribution in [0.3, 0.4) is 0 Å². The number of halogens is 3. The molecule has 0 unspecified atom stereocenters. The Balaban J connectivity index is 2.53. The first-order valence-electron chi connectivity index (χ1n) is 7.64. The molecule has 8 heteroatoms. The summed E-state index contributed by atoms with van der Waals surface area (Å²) in [6.45, 7) is 2.86. The van der Waals surface area contributed by atoms with Crippen molar-refractivity contribution in [3.05, 3.63) is 47.0 Å². The lowest BCUT2D eigenvalue weighted by molar-refractivity contribution is -0.145. The van der Waals surface area contributed by atoms with Crippen molar-refractivity contribution < 1.29 is 27.4 Å². The topological polar surface area (TPSA) is 72.2 Å². The maximum atomic E-state index is 13.4. The van der Waals surface area contributed by atoms with Crippen LogP contribution in [0.25, 0.3) is 11.3 Å². The zero-order valence-corrected chi connectivity index (χ0v) is 14.1. The number of alkyl halides is 3. The van der Waals surface area contributed by atoms with Gasteiger partial charge in [-0.1, -0.05) is 29.8 Å². The number of nitrogens with zero attached hydrogens (tertiary/aromatic N) is 2. The highest BCUT2D eigenvalue weighted by Gasteiger charge is 2.36. The van der Waals surface area contributed by atoms with E-state index in [4.69, 9.17) is 10.00 Å². The lowest BCUT2D eigenvalue weighted by Crippen LogP contribution is -2.17. The molecule has 0 amide bonds. The van der Waals surface area contributed by atoms with Crippen LogP contribution in [0, 0.1) is 18.3 Å². The minimum absolute atomic E-state index is 0.0183. The van der Waals surface area contributed by atoms with Gasteiger partial charge in [-0.05, 0) is 19.9 Å². The average molecular weight is 364 g/mol. The van der Waals surface area contributed by atoms with Crippen LogP contribution in [0.5, 0.6) is 5.88 Å². The zero-order valence-electron chi connectivity index (χ0n) is 14.1. The van der Waals surface area contributed by atoms with Crippen LogP contribution < -0.4 is 4.74 Å². The van der Waals surface area contributed by atoms with Crippen LogP contribution in [0.15, 0.2) is 30.3 Å². The second-order valence-electron chi connectivity index (χ2n) is 5.30. The standard InChI is InChI=1S/C18H15F3N2O3/c1-3-25-16(24)10-26-17-13(9-22)14(18(19,20)21)8-15(23-17)12-6-4-11(2)5-7-12/h4-8H,3,10H2,1-2H3. The summed E-state index contributed by atoms with van der Waals surface area (Å²) in [4.78, 5) is 15.4. The molecular weight excluding hydrogens is 349 g/mol. The Morgan fingerprint density at radius 2 is 1.92 bits per heavy atom. The van der Waals surface area contributed by atoms with Gasteiger partial charge in [-0.2, -0.15) is 18.4 Å². The summed E-state index contributed by atoms with van der Waals surface area (Å²) in [5.74, 6) is -1.33. The molecule has 0 atom stereocenters. The lowest BCUT2D eigenvalue weighted by atomic mass is 10.0. The number of aromatic nitrogens is 1. The molecule has 0 saturated carbocycles. The maximum absolute atomic E-state index is 13.4. The Morgan fingerprint density at radius 3 is 2.46 bits per heavy atom. The Hall–Kier alpha value is -3.08. The van der Waals surface area contributed by atoms with E-state index in [1.165, 1.54) is 6.07 Å². The van der Waals surface area contributed by atoms with Gasteiger partial charge in [-0.25, -0.2) is 9.78 Å². The van der Waals surface area contributed by atoms with E-state index in [0.717, 1.165) is 11.6 Å². The summed E-state index contributed by atoms with van der Waals surface area (Å²) < 4.78 is 49.8. The number of carbonyl (C=O) groups excluding carboxylic acids is 1. The summed E-state index contributed by atoms with van der Waals surface area (Å²) in [6.07, 6.45) is -4.78. The van der Waals surface area contributed by atoms with Crippen molar-refractivity contribution in [1.29, 1.82) is 5.26 Å². The fraction of sp³-hybridized carbons (Fsp3) is 0.278. The molecule has 0 spiro atoms. The van der Waals surface area contributed by atoms with Crippen LogP contribution in [0.4, 0.5) is 13.2 Å². The third kappa shape index (κ3) is 4.51. The Morgan fingerprint density at radius 1 is 1.27 bits per heavy atom. The third-order valence-electron chi connectivity index (χ3n) is 3.38. The number of benzene rings is 1. The van der Waals surface area contributed by atoms with Gasteiger partial charge in [0.05, 0.1) is 17.9 Å². The number of esters is 1. The third-order valence-corrected chi connectivity index (χ3v) is 3.38. The molecule has 0 bridgehead atoms. The molecule has 0 aliphatic heterocycles. The van der Waals surface area contributed by atoms with E-state index < -0.39 is 35.8 Å². The quantitative estimate of drug-likeness (QED) is 0.753. The highest BCUT2D eigenvalue weighted by Crippen LogP contribution is 2.37. The first-order valence-corrected chi connectivity index (χ1v) is 7.64. The van der Waals surface area contributed by atoms with Crippen LogP contribution in [0.2, 0.25) is 0 Å². The van der Waals surface area contributed by atoms with Gasteiger partial charge in [0, 0.05) is 5.56 Å². The molecule has 0 saturated heterocycles. The Labute approximate surface area is 148 Å². The fourth-order valence-corrected chi connectivity index (χ4v) is 2.16. The summed E-state index contributed by atoms with van der Waals surface area (Å²) in [6, 6.07) is 8.91. The molecule has 1 heterocycles. The van der Waals surface area contributed by atoms with Crippen molar-refractivity contribution in [3.8, 4) is 23.2 Å². The van der Waals surface area contributed by atoms with Gasteiger partial charge >= 0.3 is 12.1 Å². The molecule has 0 radical (unpaired) electrons. The number of aryl methyl sites for hydroxylation is 1. The molecule has 0 N–H and O–H groups in total. The number of rotatable bonds is 5. The van der Waals surface area contributed by atoms with Crippen molar-refractivity contribution in [2.24, 2.45) is 0 Å². The van der Waals surface area contributed by atoms with Crippen LogP contribution in [-0.4, -0.2) is 24.2 Å². The van der Waals surface area contributed by atoms with Crippen LogP contribution >= 0.6 is 0 Å². The lowest BCUT2D eigenvalue weighted by Gasteiger charge is -2.14. The van der Waals surface area contributed by atoms with Crippen molar-refractivity contribution in [1.82, 2.24) is 4.98 Å². The predicted octanol–water partition coefficient (Wildman–Crippen LogP) is 3.89.